The summed E-state index contributed by atoms with van der Waals surface area (Å²) in [5.41, 5.74) is 2.54. The van der Waals surface area contributed by atoms with Gasteiger partial charge < -0.3 is 19.6 Å². The molecule has 1 fully saturated rings. The number of nitrogens with zero attached hydrogens (tertiary/aromatic N) is 8. The normalized spacial score (nSPS) is 14.7. The van der Waals surface area contributed by atoms with Crippen LogP contribution in [0.2, 0.25) is 0 Å². The summed E-state index contributed by atoms with van der Waals surface area (Å²) in [6.07, 6.45) is 0.152. The fourth-order valence-electron chi connectivity index (χ4n) is 3.65. The number of pyridine rings is 2. The zero-order chi connectivity index (χ0) is 25.1. The summed E-state index contributed by atoms with van der Waals surface area (Å²) in [4.78, 5) is 25.6. The predicted octanol–water partition coefficient (Wildman–Crippen LogP) is 3.37. The van der Waals surface area contributed by atoms with Gasteiger partial charge in [0.1, 0.15) is 5.82 Å². The van der Waals surface area contributed by atoms with E-state index in [1.165, 1.54) is 6.20 Å². The molecule has 0 amide bonds. The van der Waals surface area contributed by atoms with Gasteiger partial charge in [-0.15, -0.1) is 0 Å². The highest BCUT2D eigenvalue weighted by Gasteiger charge is 2.38. The third-order valence-corrected chi connectivity index (χ3v) is 5.71. The van der Waals surface area contributed by atoms with E-state index in [0.717, 1.165) is 43.3 Å². The SMILES string of the molecule is CN1CCN(c2ccc(-c3ccnc(NCc4ccc(-c5noc(C(F)(F)F)n5)cn4)n3)cn2)CC1. The third kappa shape index (κ3) is 5.40. The number of alkyl halides is 3. The Labute approximate surface area is 204 Å². The van der Waals surface area contributed by atoms with Crippen LogP contribution in [0.15, 0.2) is 53.4 Å². The van der Waals surface area contributed by atoms with Crippen molar-refractivity contribution in [2.75, 3.05) is 43.4 Å². The van der Waals surface area contributed by atoms with Gasteiger partial charge in [-0.3, -0.25) is 4.98 Å². The lowest BCUT2D eigenvalue weighted by atomic mass is 10.2. The summed E-state index contributed by atoms with van der Waals surface area (Å²) in [7, 11) is 2.12. The van der Waals surface area contributed by atoms with Gasteiger partial charge in [-0.1, -0.05) is 5.16 Å². The van der Waals surface area contributed by atoms with Gasteiger partial charge in [-0.05, 0) is 37.4 Å². The molecule has 0 aliphatic carbocycles. The van der Waals surface area contributed by atoms with Crippen LogP contribution in [0.5, 0.6) is 0 Å². The van der Waals surface area contributed by atoms with Crippen LogP contribution in [0.1, 0.15) is 11.6 Å². The Bertz CT molecular complexity index is 1300. The van der Waals surface area contributed by atoms with Crippen molar-refractivity contribution in [2.24, 2.45) is 0 Å². The molecule has 0 unspecified atom stereocenters. The highest BCUT2D eigenvalue weighted by Crippen LogP contribution is 2.29. The van der Waals surface area contributed by atoms with Gasteiger partial charge in [0.05, 0.1) is 17.9 Å². The number of nitrogens with one attached hydrogen (secondary N) is 1. The number of halogens is 3. The summed E-state index contributed by atoms with van der Waals surface area (Å²) in [5, 5.41) is 6.46. The molecule has 1 saturated heterocycles. The molecular weight excluding hydrogens is 475 g/mol. The first kappa shape index (κ1) is 23.6. The Morgan fingerprint density at radius 2 is 1.69 bits per heavy atom. The van der Waals surface area contributed by atoms with E-state index < -0.39 is 12.1 Å². The summed E-state index contributed by atoms with van der Waals surface area (Å²) in [5.74, 6) is -0.221. The number of hydrogen-bond acceptors (Lipinski definition) is 10. The van der Waals surface area contributed by atoms with Crippen molar-refractivity contribution in [3.05, 3.63) is 60.5 Å². The number of aromatic nitrogens is 6. The zero-order valence-electron chi connectivity index (χ0n) is 19.3. The van der Waals surface area contributed by atoms with Crippen LogP contribution in [0.3, 0.4) is 0 Å². The Morgan fingerprint density at radius 1 is 0.917 bits per heavy atom. The summed E-state index contributed by atoms with van der Waals surface area (Å²) in [6, 6.07) is 9.03. The fourth-order valence-corrected chi connectivity index (χ4v) is 3.65. The molecule has 0 atom stereocenters. The molecule has 4 aromatic heterocycles. The molecule has 0 spiro atoms. The molecule has 4 aromatic rings. The van der Waals surface area contributed by atoms with E-state index in [1.807, 2.05) is 24.4 Å². The number of likely N-dealkylation sites (N-methyl/N-ethyl adjacent to an activating group) is 1. The smallest absolute Gasteiger partial charge is 0.354 e. The van der Waals surface area contributed by atoms with E-state index in [-0.39, 0.29) is 5.82 Å². The monoisotopic (exact) mass is 497 g/mol. The second-order valence-electron chi connectivity index (χ2n) is 8.27. The summed E-state index contributed by atoms with van der Waals surface area (Å²) in [6.45, 7) is 4.23. The number of hydrogen-bond donors (Lipinski definition) is 1. The van der Waals surface area contributed by atoms with Crippen molar-refractivity contribution in [1.82, 2.24) is 35.0 Å². The number of anilines is 2. The summed E-state index contributed by atoms with van der Waals surface area (Å²) >= 11 is 0. The van der Waals surface area contributed by atoms with Crippen molar-refractivity contribution in [1.29, 1.82) is 0 Å². The Hall–Kier alpha value is -4.13. The van der Waals surface area contributed by atoms with E-state index in [1.54, 1.807) is 18.3 Å². The predicted molar refractivity (Wildman–Crippen MR) is 125 cm³/mol. The van der Waals surface area contributed by atoms with Crippen LogP contribution in [0.4, 0.5) is 24.9 Å². The van der Waals surface area contributed by atoms with Crippen LogP contribution in [-0.4, -0.2) is 68.2 Å². The third-order valence-electron chi connectivity index (χ3n) is 5.71. The van der Waals surface area contributed by atoms with E-state index in [2.05, 4.69) is 56.8 Å². The van der Waals surface area contributed by atoms with Gasteiger partial charge in [0, 0.05) is 55.9 Å². The molecule has 0 radical (unpaired) electrons. The molecule has 1 aliphatic heterocycles. The molecule has 13 heteroatoms. The van der Waals surface area contributed by atoms with Crippen molar-refractivity contribution in [3.8, 4) is 22.6 Å². The molecule has 36 heavy (non-hydrogen) atoms. The largest absolute Gasteiger partial charge is 0.471 e. The Balaban J connectivity index is 1.21. The molecule has 186 valence electrons. The van der Waals surface area contributed by atoms with Gasteiger partial charge in [0.2, 0.25) is 11.8 Å². The topological polar surface area (TPSA) is 109 Å². The summed E-state index contributed by atoms with van der Waals surface area (Å²) < 4.78 is 42.2. The quantitative estimate of drug-likeness (QED) is 0.426. The highest BCUT2D eigenvalue weighted by molar-refractivity contribution is 5.61. The maximum atomic E-state index is 12.6. The van der Waals surface area contributed by atoms with Crippen LogP contribution in [0.25, 0.3) is 22.6 Å². The molecule has 5 heterocycles. The Kier molecular flexibility index (Phi) is 6.46. The lowest BCUT2D eigenvalue weighted by Gasteiger charge is -2.33. The second-order valence-corrected chi connectivity index (χ2v) is 8.27. The van der Waals surface area contributed by atoms with E-state index in [9.17, 15) is 13.2 Å². The lowest BCUT2D eigenvalue weighted by molar-refractivity contribution is -0.159. The lowest BCUT2D eigenvalue weighted by Crippen LogP contribution is -2.44. The molecule has 0 bridgehead atoms. The highest BCUT2D eigenvalue weighted by atomic mass is 19.4. The van der Waals surface area contributed by atoms with Crippen molar-refractivity contribution in [3.63, 3.8) is 0 Å². The first-order valence-electron chi connectivity index (χ1n) is 11.2. The van der Waals surface area contributed by atoms with Gasteiger partial charge >= 0.3 is 12.1 Å². The average Bonchev–Trinajstić information content (AvgIpc) is 3.40. The van der Waals surface area contributed by atoms with Crippen molar-refractivity contribution < 1.29 is 17.7 Å². The van der Waals surface area contributed by atoms with Crippen molar-refractivity contribution in [2.45, 2.75) is 12.7 Å². The van der Waals surface area contributed by atoms with Gasteiger partial charge in [-0.25, -0.2) is 15.0 Å². The first-order chi connectivity index (χ1) is 17.3. The maximum absolute atomic E-state index is 12.6. The van der Waals surface area contributed by atoms with Gasteiger partial charge in [-0.2, -0.15) is 18.2 Å². The number of rotatable bonds is 6. The zero-order valence-corrected chi connectivity index (χ0v) is 19.3. The standard InChI is InChI=1S/C23H22F3N9O/c1-34-8-10-35(11-9-34)19-5-3-15(12-29-19)18-6-7-27-22(31-18)30-14-17-4-2-16(13-28-17)20-32-21(36-33-20)23(24,25)26/h2-7,12-13H,8-11,14H2,1H3,(H,27,30,31). The van der Waals surface area contributed by atoms with Gasteiger partial charge in [0.15, 0.2) is 0 Å². The first-order valence-corrected chi connectivity index (χ1v) is 11.2. The fraction of sp³-hybridized carbons (Fsp3) is 0.304. The second kappa shape index (κ2) is 9.85. The minimum absolute atomic E-state index is 0.183. The minimum atomic E-state index is -4.69. The molecule has 5 rings (SSSR count). The van der Waals surface area contributed by atoms with Crippen LogP contribution in [0, 0.1) is 0 Å². The van der Waals surface area contributed by atoms with E-state index >= 15 is 0 Å². The molecule has 1 aliphatic rings. The molecule has 0 aromatic carbocycles. The van der Waals surface area contributed by atoms with Crippen LogP contribution in [-0.2, 0) is 12.7 Å². The van der Waals surface area contributed by atoms with E-state index in [4.69, 9.17) is 0 Å². The van der Waals surface area contributed by atoms with Gasteiger partial charge in [0.25, 0.3) is 0 Å². The molecule has 1 N–H and O–H groups in total. The van der Waals surface area contributed by atoms with E-state index in [0.29, 0.717) is 23.8 Å². The van der Waals surface area contributed by atoms with Crippen molar-refractivity contribution >= 4 is 11.8 Å². The maximum Gasteiger partial charge on any atom is 0.471 e. The van der Waals surface area contributed by atoms with Crippen LogP contribution >= 0.6 is 0 Å². The minimum Gasteiger partial charge on any atom is -0.354 e. The average molecular weight is 497 g/mol. The molecular formula is C23H22F3N9O. The van der Waals surface area contributed by atoms with Crippen LogP contribution < -0.4 is 10.2 Å². The molecule has 0 saturated carbocycles. The Morgan fingerprint density at radius 3 is 2.36 bits per heavy atom. The molecule has 10 nitrogen and oxygen atoms in total. The number of piperazine rings is 1.